The fourth-order valence-electron chi connectivity index (χ4n) is 3.28. The number of anilines is 3. The summed E-state index contributed by atoms with van der Waals surface area (Å²) in [6.07, 6.45) is 5.15. The molecular weight excluding hydrogens is 404 g/mol. The zero-order valence-electron chi connectivity index (χ0n) is 18.3. The standard InChI is InChI=1S/C23H26N8O/c1-4-24-20-10-9-17(12-26-20)23(32)28-18-8-6-7-16(11-18)15(3)27-21-13-25-19-14-31(5-2)30-22(19)29-21/h6-15H,4-5H2,1-3H3,(H,24,26)(H,28,32)(H,27,29,30)/t15-/m0/s1. The predicted molar refractivity (Wildman–Crippen MR) is 126 cm³/mol. The summed E-state index contributed by atoms with van der Waals surface area (Å²) in [7, 11) is 0. The van der Waals surface area contributed by atoms with Gasteiger partial charge in [0.2, 0.25) is 5.65 Å². The molecule has 0 aliphatic heterocycles. The molecule has 0 aliphatic carbocycles. The van der Waals surface area contributed by atoms with Gasteiger partial charge >= 0.3 is 0 Å². The van der Waals surface area contributed by atoms with Crippen molar-refractivity contribution in [3.63, 3.8) is 0 Å². The summed E-state index contributed by atoms with van der Waals surface area (Å²) in [5.74, 6) is 1.18. The average molecular weight is 431 g/mol. The molecule has 9 heteroatoms. The lowest BCUT2D eigenvalue weighted by Gasteiger charge is -2.16. The first kappa shape index (κ1) is 21.2. The Hall–Kier alpha value is -4.01. The lowest BCUT2D eigenvalue weighted by molar-refractivity contribution is 0.102. The van der Waals surface area contributed by atoms with Crippen LogP contribution < -0.4 is 16.0 Å². The van der Waals surface area contributed by atoms with Crippen molar-refractivity contribution in [3.05, 3.63) is 66.1 Å². The third-order valence-corrected chi connectivity index (χ3v) is 4.99. The van der Waals surface area contributed by atoms with Gasteiger partial charge in [-0.1, -0.05) is 12.1 Å². The number of benzene rings is 1. The van der Waals surface area contributed by atoms with Gasteiger partial charge in [0.15, 0.2) is 0 Å². The first-order valence-corrected chi connectivity index (χ1v) is 10.6. The molecule has 0 bridgehead atoms. The van der Waals surface area contributed by atoms with Crippen LogP contribution in [0.25, 0.3) is 11.2 Å². The highest BCUT2D eigenvalue weighted by Gasteiger charge is 2.11. The van der Waals surface area contributed by atoms with Crippen LogP contribution in [0.2, 0.25) is 0 Å². The van der Waals surface area contributed by atoms with Crippen molar-refractivity contribution in [1.82, 2.24) is 24.7 Å². The van der Waals surface area contributed by atoms with E-state index in [2.05, 4.69) is 36.0 Å². The molecule has 3 aromatic heterocycles. The van der Waals surface area contributed by atoms with E-state index < -0.39 is 0 Å². The number of nitrogens with one attached hydrogen (secondary N) is 3. The number of amides is 1. The highest BCUT2D eigenvalue weighted by molar-refractivity contribution is 6.04. The number of pyridine rings is 1. The Morgan fingerprint density at radius 1 is 1.09 bits per heavy atom. The molecule has 0 fully saturated rings. The Kier molecular flexibility index (Phi) is 6.25. The Labute approximate surface area is 186 Å². The summed E-state index contributed by atoms with van der Waals surface area (Å²) in [6.45, 7) is 7.59. The van der Waals surface area contributed by atoms with Gasteiger partial charge in [-0.05, 0) is 50.6 Å². The molecule has 0 radical (unpaired) electrons. The van der Waals surface area contributed by atoms with Crippen LogP contribution in [0, 0.1) is 0 Å². The Morgan fingerprint density at radius 2 is 1.97 bits per heavy atom. The molecule has 9 nitrogen and oxygen atoms in total. The summed E-state index contributed by atoms with van der Waals surface area (Å²) >= 11 is 0. The minimum atomic E-state index is -0.207. The summed E-state index contributed by atoms with van der Waals surface area (Å²) in [5, 5.41) is 13.8. The van der Waals surface area contributed by atoms with Gasteiger partial charge in [-0.2, -0.15) is 5.10 Å². The second-order valence-electron chi connectivity index (χ2n) is 7.36. The van der Waals surface area contributed by atoms with E-state index in [1.54, 1.807) is 24.5 Å². The van der Waals surface area contributed by atoms with E-state index in [1.807, 2.05) is 55.9 Å². The molecule has 164 valence electrons. The Bertz CT molecular complexity index is 1220. The summed E-state index contributed by atoms with van der Waals surface area (Å²) < 4.78 is 1.81. The maximum absolute atomic E-state index is 12.6. The average Bonchev–Trinajstić information content (AvgIpc) is 3.22. The lowest BCUT2D eigenvalue weighted by Crippen LogP contribution is -2.13. The third kappa shape index (κ3) is 4.83. The number of aryl methyl sites for hydroxylation is 1. The predicted octanol–water partition coefficient (Wildman–Crippen LogP) is 4.10. The van der Waals surface area contributed by atoms with Crippen LogP contribution in [0.4, 0.5) is 17.3 Å². The van der Waals surface area contributed by atoms with E-state index in [1.165, 1.54) is 0 Å². The number of carbonyl (C=O) groups is 1. The molecule has 32 heavy (non-hydrogen) atoms. The van der Waals surface area contributed by atoms with Gasteiger partial charge in [0.25, 0.3) is 5.91 Å². The topological polar surface area (TPSA) is 110 Å². The van der Waals surface area contributed by atoms with Crippen molar-refractivity contribution < 1.29 is 4.79 Å². The molecule has 1 atom stereocenters. The van der Waals surface area contributed by atoms with Crippen molar-refractivity contribution in [2.45, 2.75) is 33.4 Å². The van der Waals surface area contributed by atoms with Crippen molar-refractivity contribution in [3.8, 4) is 0 Å². The fourth-order valence-corrected chi connectivity index (χ4v) is 3.28. The number of fused-ring (bicyclic) bond motifs is 1. The van der Waals surface area contributed by atoms with Gasteiger partial charge in [0, 0.05) is 25.0 Å². The van der Waals surface area contributed by atoms with E-state index in [0.717, 1.165) is 30.0 Å². The maximum atomic E-state index is 12.6. The molecule has 1 amide bonds. The minimum Gasteiger partial charge on any atom is -0.370 e. The number of hydrogen-bond donors (Lipinski definition) is 3. The summed E-state index contributed by atoms with van der Waals surface area (Å²) in [6, 6.07) is 11.2. The zero-order chi connectivity index (χ0) is 22.5. The summed E-state index contributed by atoms with van der Waals surface area (Å²) in [5.41, 5.74) is 3.59. The summed E-state index contributed by atoms with van der Waals surface area (Å²) in [4.78, 5) is 25.8. The molecule has 0 saturated heterocycles. The number of hydrogen-bond acceptors (Lipinski definition) is 7. The highest BCUT2D eigenvalue weighted by Crippen LogP contribution is 2.22. The van der Waals surface area contributed by atoms with Gasteiger partial charge in [-0.3, -0.25) is 9.48 Å². The minimum absolute atomic E-state index is 0.0482. The van der Waals surface area contributed by atoms with Crippen LogP contribution in [-0.2, 0) is 6.54 Å². The SMILES string of the molecule is CCNc1ccc(C(=O)Nc2cccc([C@H](C)Nc3cnc4cn(CC)nc4n3)c2)cn1. The molecule has 1 aromatic carbocycles. The molecule has 3 N–H and O–H groups in total. The zero-order valence-corrected chi connectivity index (χ0v) is 18.3. The van der Waals surface area contributed by atoms with Crippen molar-refractivity contribution in [2.24, 2.45) is 0 Å². The van der Waals surface area contributed by atoms with E-state index in [4.69, 9.17) is 0 Å². The smallest absolute Gasteiger partial charge is 0.257 e. The fraction of sp³-hybridized carbons (Fsp3) is 0.261. The number of carbonyl (C=O) groups excluding carboxylic acids is 1. The van der Waals surface area contributed by atoms with E-state index in [9.17, 15) is 4.79 Å². The van der Waals surface area contributed by atoms with Crippen LogP contribution in [0.5, 0.6) is 0 Å². The van der Waals surface area contributed by atoms with Gasteiger partial charge in [-0.15, -0.1) is 0 Å². The van der Waals surface area contributed by atoms with Gasteiger partial charge in [0.1, 0.15) is 17.2 Å². The van der Waals surface area contributed by atoms with Crippen LogP contribution in [0.3, 0.4) is 0 Å². The first-order chi connectivity index (χ1) is 15.6. The van der Waals surface area contributed by atoms with Crippen molar-refractivity contribution in [2.75, 3.05) is 22.5 Å². The third-order valence-electron chi connectivity index (χ3n) is 4.99. The van der Waals surface area contributed by atoms with Crippen molar-refractivity contribution >= 4 is 34.4 Å². The molecule has 0 spiro atoms. The molecular formula is C23H26N8O. The van der Waals surface area contributed by atoms with E-state index >= 15 is 0 Å². The first-order valence-electron chi connectivity index (χ1n) is 10.6. The molecule has 0 unspecified atom stereocenters. The molecule has 3 heterocycles. The van der Waals surface area contributed by atoms with Crippen LogP contribution >= 0.6 is 0 Å². The van der Waals surface area contributed by atoms with Crippen LogP contribution in [0.15, 0.2) is 55.0 Å². The van der Waals surface area contributed by atoms with E-state index in [-0.39, 0.29) is 11.9 Å². The van der Waals surface area contributed by atoms with E-state index in [0.29, 0.717) is 22.7 Å². The lowest BCUT2D eigenvalue weighted by atomic mass is 10.1. The number of aromatic nitrogens is 5. The van der Waals surface area contributed by atoms with Crippen LogP contribution in [-0.4, -0.2) is 37.2 Å². The number of rotatable bonds is 8. The molecule has 0 aliphatic rings. The number of nitrogens with zero attached hydrogens (tertiary/aromatic N) is 5. The van der Waals surface area contributed by atoms with Gasteiger partial charge in [-0.25, -0.2) is 15.0 Å². The van der Waals surface area contributed by atoms with Gasteiger partial charge < -0.3 is 16.0 Å². The Balaban J connectivity index is 1.44. The molecule has 4 aromatic rings. The van der Waals surface area contributed by atoms with Gasteiger partial charge in [0.05, 0.1) is 24.0 Å². The quantitative estimate of drug-likeness (QED) is 0.386. The molecule has 4 rings (SSSR count). The largest absolute Gasteiger partial charge is 0.370 e. The maximum Gasteiger partial charge on any atom is 0.257 e. The second kappa shape index (κ2) is 9.42. The monoisotopic (exact) mass is 430 g/mol. The second-order valence-corrected chi connectivity index (χ2v) is 7.36. The Morgan fingerprint density at radius 3 is 2.72 bits per heavy atom. The van der Waals surface area contributed by atoms with Crippen LogP contribution in [0.1, 0.15) is 42.7 Å². The molecule has 0 saturated carbocycles. The highest BCUT2D eigenvalue weighted by atomic mass is 16.1. The van der Waals surface area contributed by atoms with Crippen molar-refractivity contribution in [1.29, 1.82) is 0 Å². The normalized spacial score (nSPS) is 11.8.